The van der Waals surface area contributed by atoms with Crippen molar-refractivity contribution in [2.24, 2.45) is 0 Å². The van der Waals surface area contributed by atoms with E-state index in [0.717, 1.165) is 17.1 Å². The van der Waals surface area contributed by atoms with Gasteiger partial charge in [-0.2, -0.15) is 0 Å². The summed E-state index contributed by atoms with van der Waals surface area (Å²) >= 11 is 0. The Morgan fingerprint density at radius 1 is 0.369 bits per heavy atom. The lowest BCUT2D eigenvalue weighted by molar-refractivity contribution is 0.609. The maximum Gasteiger partial charge on any atom is 0.0543 e. The summed E-state index contributed by atoms with van der Waals surface area (Å²) in [6.45, 7) is 14.2. The Morgan fingerprint density at radius 3 is 1.63 bits per heavy atom. The van der Waals surface area contributed by atoms with Crippen molar-refractivity contribution in [3.8, 4) is 44.5 Å². The Morgan fingerprint density at radius 2 is 0.892 bits per heavy atom. The van der Waals surface area contributed by atoms with Crippen LogP contribution in [0.15, 0.2) is 206 Å². The van der Waals surface area contributed by atoms with E-state index in [9.17, 15) is 0 Å². The number of benzene rings is 9. The molecule has 2 aliphatic heterocycles. The third kappa shape index (κ3) is 5.93. The molecule has 9 aromatic rings. The highest BCUT2D eigenvalue weighted by Gasteiger charge is 2.42. The highest BCUT2D eigenvalue weighted by Crippen LogP contribution is 2.57. The highest BCUT2D eigenvalue weighted by molar-refractivity contribution is 6.07. The van der Waals surface area contributed by atoms with Gasteiger partial charge in [0, 0.05) is 45.2 Å². The fourth-order valence-corrected chi connectivity index (χ4v) is 11.5. The number of nitrogens with zero attached hydrogens (tertiary/aromatic N) is 2. The molecule has 314 valence electrons. The van der Waals surface area contributed by atoms with Gasteiger partial charge in [0.25, 0.3) is 0 Å². The molecule has 0 fully saturated rings. The summed E-state index contributed by atoms with van der Waals surface area (Å²) in [6, 6.07) is 72.2. The lowest BCUT2D eigenvalue weighted by Crippen LogP contribution is -2.36. The van der Waals surface area contributed by atoms with Crippen molar-refractivity contribution in [1.29, 1.82) is 0 Å². The van der Waals surface area contributed by atoms with Gasteiger partial charge in [0.15, 0.2) is 0 Å². The first kappa shape index (κ1) is 39.2. The van der Waals surface area contributed by atoms with Gasteiger partial charge in [0.05, 0.1) is 5.69 Å². The van der Waals surface area contributed by atoms with E-state index in [1.165, 1.54) is 94.5 Å². The molecule has 65 heavy (non-hydrogen) atoms. The van der Waals surface area contributed by atoms with Crippen LogP contribution in [-0.4, -0.2) is 0 Å². The molecule has 0 radical (unpaired) electrons. The first-order valence-corrected chi connectivity index (χ1v) is 23.1. The van der Waals surface area contributed by atoms with Crippen LogP contribution < -0.4 is 9.80 Å². The Kier molecular flexibility index (Phi) is 8.62. The van der Waals surface area contributed by atoms with Gasteiger partial charge < -0.3 is 9.80 Å². The van der Waals surface area contributed by atoms with Crippen LogP contribution in [0.2, 0.25) is 0 Å². The maximum atomic E-state index is 2.45. The zero-order valence-electron chi connectivity index (χ0n) is 38.0. The largest absolute Gasteiger partial charge is 0.317 e. The van der Waals surface area contributed by atoms with Crippen molar-refractivity contribution in [1.82, 2.24) is 0 Å². The smallest absolute Gasteiger partial charge is 0.0543 e. The predicted octanol–water partition coefficient (Wildman–Crippen LogP) is 17.2. The van der Waals surface area contributed by atoms with Crippen molar-refractivity contribution in [3.05, 3.63) is 234 Å². The van der Waals surface area contributed by atoms with Crippen molar-refractivity contribution in [3.63, 3.8) is 0 Å². The van der Waals surface area contributed by atoms with Crippen LogP contribution in [0.25, 0.3) is 55.3 Å². The molecule has 0 bridgehead atoms. The molecule has 0 spiro atoms. The van der Waals surface area contributed by atoms with E-state index in [1.807, 2.05) is 0 Å². The summed E-state index contributed by atoms with van der Waals surface area (Å²) in [6.07, 6.45) is 4.69. The van der Waals surface area contributed by atoms with E-state index >= 15 is 0 Å². The lowest BCUT2D eigenvalue weighted by Gasteiger charge is -2.46. The summed E-state index contributed by atoms with van der Waals surface area (Å²) < 4.78 is 0. The summed E-state index contributed by atoms with van der Waals surface area (Å²) in [4.78, 5) is 4.86. The minimum atomic E-state index is -0.165. The van der Waals surface area contributed by atoms with Crippen molar-refractivity contribution < 1.29 is 0 Å². The summed E-state index contributed by atoms with van der Waals surface area (Å²) in [5.41, 5.74) is 22.5. The number of anilines is 5. The first-order valence-electron chi connectivity index (χ1n) is 23.1. The summed E-state index contributed by atoms with van der Waals surface area (Å²) in [7, 11) is 0. The van der Waals surface area contributed by atoms with Crippen LogP contribution in [0.1, 0.15) is 69.4 Å². The third-order valence-electron chi connectivity index (χ3n) is 14.9. The number of hydrogen-bond acceptors (Lipinski definition) is 2. The number of hydrogen-bond donors (Lipinski definition) is 0. The molecule has 2 heteroatoms. The third-order valence-corrected chi connectivity index (χ3v) is 14.9. The fourth-order valence-electron chi connectivity index (χ4n) is 11.5. The van der Waals surface area contributed by atoms with Crippen molar-refractivity contribution >= 4 is 39.2 Å². The molecule has 0 unspecified atom stereocenters. The molecular formula is C63H52N2. The standard InChI is InChI=1S/C63H52N2/c1-61(2)38-39-64-58-23-15-14-22-55(58)63(5,6)56-37-36-53(59(61)60(56)64)50-35-34-47(48-18-10-11-19-49(48)50)43-26-30-45(31-27-43)65(44-28-24-42(25-29-44)41-16-8-7-9-17-41)46-32-33-52-51-20-12-13-21-54(51)62(3,4)57(52)40-46/h7-40H,1-6H3. The van der Waals surface area contributed by atoms with Crippen LogP contribution in [-0.2, 0) is 16.2 Å². The van der Waals surface area contributed by atoms with Gasteiger partial charge in [-0.1, -0.05) is 199 Å². The van der Waals surface area contributed by atoms with Crippen LogP contribution >= 0.6 is 0 Å². The number of para-hydroxylation sites is 1. The molecule has 0 aromatic heterocycles. The highest BCUT2D eigenvalue weighted by atomic mass is 15.2. The quantitative estimate of drug-likeness (QED) is 0.165. The van der Waals surface area contributed by atoms with E-state index in [-0.39, 0.29) is 16.2 Å². The van der Waals surface area contributed by atoms with Gasteiger partial charge >= 0.3 is 0 Å². The fraction of sp³-hybridized carbons (Fsp3) is 0.143. The Bertz CT molecular complexity index is 3390. The molecule has 3 aliphatic rings. The second-order valence-electron chi connectivity index (χ2n) is 19.8. The zero-order valence-corrected chi connectivity index (χ0v) is 38.0. The lowest BCUT2D eigenvalue weighted by atomic mass is 9.67. The zero-order chi connectivity index (χ0) is 44.2. The van der Waals surface area contributed by atoms with Crippen LogP contribution in [0.5, 0.6) is 0 Å². The van der Waals surface area contributed by atoms with Crippen LogP contribution in [0.4, 0.5) is 28.4 Å². The first-order chi connectivity index (χ1) is 31.5. The van der Waals surface area contributed by atoms with Crippen LogP contribution in [0, 0.1) is 0 Å². The average molecular weight is 837 g/mol. The van der Waals surface area contributed by atoms with Crippen molar-refractivity contribution in [2.75, 3.05) is 9.80 Å². The molecule has 0 amide bonds. The SMILES string of the molecule is CC1(C)C=CN2c3ccccc3C(C)(C)c3ccc(-c4ccc(-c5ccc(N(c6ccc(-c7ccccc7)cc6)c6ccc7c(c6)C(C)(C)c6ccccc6-7)cc5)c5ccccc45)c1c32. The molecule has 0 N–H and O–H groups in total. The predicted molar refractivity (Wildman–Crippen MR) is 275 cm³/mol. The molecular weight excluding hydrogens is 785 g/mol. The van der Waals surface area contributed by atoms with E-state index < -0.39 is 0 Å². The van der Waals surface area contributed by atoms with Gasteiger partial charge in [-0.3, -0.25) is 0 Å². The van der Waals surface area contributed by atoms with Gasteiger partial charge in [-0.25, -0.2) is 0 Å². The number of allylic oxidation sites excluding steroid dienone is 1. The normalized spacial score (nSPS) is 15.5. The Labute approximate surface area is 383 Å². The van der Waals surface area contributed by atoms with Gasteiger partial charge in [0.1, 0.15) is 0 Å². The number of fused-ring (bicyclic) bond motifs is 6. The molecule has 1 aliphatic carbocycles. The molecule has 0 saturated carbocycles. The van der Waals surface area contributed by atoms with Gasteiger partial charge in [0.2, 0.25) is 0 Å². The maximum absolute atomic E-state index is 2.45. The van der Waals surface area contributed by atoms with Gasteiger partial charge in [-0.05, 0) is 126 Å². The monoisotopic (exact) mass is 836 g/mol. The second kappa shape index (κ2) is 14.3. The minimum Gasteiger partial charge on any atom is -0.317 e. The van der Waals surface area contributed by atoms with E-state index in [2.05, 4.69) is 258 Å². The average Bonchev–Trinajstić information content (AvgIpc) is 3.56. The molecule has 0 atom stereocenters. The molecule has 12 rings (SSSR count). The second-order valence-corrected chi connectivity index (χ2v) is 19.8. The molecule has 0 saturated heterocycles. The molecule has 9 aromatic carbocycles. The Balaban J connectivity index is 0.962. The minimum absolute atomic E-state index is 0.105. The van der Waals surface area contributed by atoms with Gasteiger partial charge in [-0.15, -0.1) is 0 Å². The van der Waals surface area contributed by atoms with E-state index in [0.29, 0.717) is 0 Å². The van der Waals surface area contributed by atoms with Crippen LogP contribution in [0.3, 0.4) is 0 Å². The molecule has 2 nitrogen and oxygen atoms in total. The summed E-state index contributed by atoms with van der Waals surface area (Å²) in [5, 5.41) is 2.52. The number of rotatable bonds is 6. The molecule has 2 heterocycles. The summed E-state index contributed by atoms with van der Waals surface area (Å²) in [5.74, 6) is 0. The Hall–Kier alpha value is -7.42. The topological polar surface area (TPSA) is 6.48 Å². The van der Waals surface area contributed by atoms with Crippen molar-refractivity contribution in [2.45, 2.75) is 57.8 Å². The van der Waals surface area contributed by atoms with E-state index in [4.69, 9.17) is 0 Å². The van der Waals surface area contributed by atoms with E-state index in [1.54, 1.807) is 0 Å².